The minimum absolute atomic E-state index is 0.0358. The third-order valence-corrected chi connectivity index (χ3v) is 3.62. The van der Waals surface area contributed by atoms with E-state index in [2.05, 4.69) is 23.0 Å². The third-order valence-electron chi connectivity index (χ3n) is 3.62. The van der Waals surface area contributed by atoms with Gasteiger partial charge in [0.05, 0.1) is 5.56 Å². The van der Waals surface area contributed by atoms with Gasteiger partial charge in [-0.25, -0.2) is 18.7 Å². The number of hydrogen-bond donors (Lipinski definition) is 0. The molecule has 0 aliphatic heterocycles. The summed E-state index contributed by atoms with van der Waals surface area (Å²) in [7, 11) is 0. The smallest absolute Gasteiger partial charge is 0.169 e. The first-order valence-corrected chi connectivity index (χ1v) is 8.40. The molecule has 0 radical (unpaired) electrons. The molecule has 1 aromatic carbocycles. The van der Waals surface area contributed by atoms with Gasteiger partial charge in [0.1, 0.15) is 5.82 Å². The van der Waals surface area contributed by atoms with Gasteiger partial charge >= 0.3 is 0 Å². The van der Waals surface area contributed by atoms with Crippen molar-refractivity contribution in [1.82, 2.24) is 9.97 Å². The molecule has 2 rings (SSSR count). The largest absolute Gasteiger partial charge is 0.240 e. The predicted molar refractivity (Wildman–Crippen MR) is 100.0 cm³/mol. The van der Waals surface area contributed by atoms with Gasteiger partial charge in [-0.3, -0.25) is 0 Å². The van der Waals surface area contributed by atoms with Crippen molar-refractivity contribution >= 4 is 17.7 Å². The Morgan fingerprint density at radius 3 is 2.20 bits per heavy atom. The van der Waals surface area contributed by atoms with E-state index >= 15 is 0 Å². The summed E-state index contributed by atoms with van der Waals surface area (Å²) >= 11 is 0. The molecule has 25 heavy (non-hydrogen) atoms. The Morgan fingerprint density at radius 2 is 1.60 bits per heavy atom. The molecule has 0 saturated heterocycles. The van der Waals surface area contributed by atoms with Crippen LogP contribution in [-0.2, 0) is 6.42 Å². The van der Waals surface area contributed by atoms with Crippen molar-refractivity contribution in [3.63, 3.8) is 0 Å². The quantitative estimate of drug-likeness (QED) is 0.563. The lowest BCUT2D eigenvalue weighted by Gasteiger charge is -2.03. The molecule has 0 atom stereocenters. The van der Waals surface area contributed by atoms with Gasteiger partial charge in [-0.15, -0.1) is 0 Å². The van der Waals surface area contributed by atoms with Crippen molar-refractivity contribution in [2.75, 3.05) is 0 Å². The molecule has 0 spiro atoms. The minimum Gasteiger partial charge on any atom is -0.240 e. The molecule has 2 nitrogen and oxygen atoms in total. The molecule has 0 amide bonds. The molecule has 4 heteroatoms. The highest BCUT2D eigenvalue weighted by atomic mass is 19.2. The van der Waals surface area contributed by atoms with E-state index in [0.29, 0.717) is 12.2 Å². The molecule has 2 aromatic rings. The van der Waals surface area contributed by atoms with E-state index < -0.39 is 11.7 Å². The van der Waals surface area contributed by atoms with Crippen LogP contribution in [0.4, 0.5) is 8.78 Å². The Balaban J connectivity index is 2.17. The zero-order valence-corrected chi connectivity index (χ0v) is 14.5. The van der Waals surface area contributed by atoms with Gasteiger partial charge in [-0.05, 0) is 18.9 Å². The average molecular weight is 340 g/mol. The Morgan fingerprint density at radius 1 is 0.960 bits per heavy atom. The molecule has 1 heterocycles. The van der Waals surface area contributed by atoms with Crippen LogP contribution >= 0.6 is 0 Å². The van der Waals surface area contributed by atoms with Crippen LogP contribution in [0.25, 0.3) is 17.7 Å². The summed E-state index contributed by atoms with van der Waals surface area (Å²) in [6.45, 7) is 4.00. The summed E-state index contributed by atoms with van der Waals surface area (Å²) in [5.74, 6) is -1.29. The molecular weight excluding hydrogens is 318 g/mol. The van der Waals surface area contributed by atoms with Crippen LogP contribution in [0, 0.1) is 0 Å². The van der Waals surface area contributed by atoms with Gasteiger partial charge in [0.15, 0.2) is 11.7 Å². The first-order valence-electron chi connectivity index (χ1n) is 8.40. The van der Waals surface area contributed by atoms with Crippen molar-refractivity contribution in [3.05, 3.63) is 77.4 Å². The highest BCUT2D eigenvalue weighted by Crippen LogP contribution is 2.28. The number of nitrogens with zero attached hydrogens (tertiary/aromatic N) is 2. The molecule has 1 aromatic heterocycles. The number of unbranched alkanes of at least 4 members (excludes halogenated alkanes) is 1. The van der Waals surface area contributed by atoms with Gasteiger partial charge in [-0.2, -0.15) is 0 Å². The van der Waals surface area contributed by atoms with Crippen LogP contribution < -0.4 is 0 Å². The van der Waals surface area contributed by atoms with Crippen LogP contribution in [0.2, 0.25) is 0 Å². The summed E-state index contributed by atoms with van der Waals surface area (Å²) in [5.41, 5.74) is 1.19. The second-order valence-electron chi connectivity index (χ2n) is 5.60. The van der Waals surface area contributed by atoms with Gasteiger partial charge in [0.2, 0.25) is 0 Å². The summed E-state index contributed by atoms with van der Waals surface area (Å²) in [6.07, 6.45) is 13.1. The molecule has 0 saturated carbocycles. The van der Waals surface area contributed by atoms with E-state index in [-0.39, 0.29) is 11.1 Å². The van der Waals surface area contributed by atoms with Gasteiger partial charge in [-0.1, -0.05) is 61.9 Å². The molecule has 0 bridgehead atoms. The van der Waals surface area contributed by atoms with Crippen LogP contribution in [-0.4, -0.2) is 9.97 Å². The fourth-order valence-electron chi connectivity index (χ4n) is 2.18. The van der Waals surface area contributed by atoms with E-state index in [9.17, 15) is 8.78 Å². The minimum atomic E-state index is -0.952. The normalized spacial score (nSPS) is 12.8. The highest BCUT2D eigenvalue weighted by molar-refractivity contribution is 5.82. The molecule has 0 N–H and O–H groups in total. The summed E-state index contributed by atoms with van der Waals surface area (Å²) in [5, 5.41) is 0. The lowest BCUT2D eigenvalue weighted by Crippen LogP contribution is -1.94. The van der Waals surface area contributed by atoms with Crippen LogP contribution in [0.3, 0.4) is 0 Å². The van der Waals surface area contributed by atoms with E-state index in [4.69, 9.17) is 0 Å². The third kappa shape index (κ3) is 5.45. The zero-order chi connectivity index (χ0) is 18.1. The van der Waals surface area contributed by atoms with E-state index in [1.165, 1.54) is 12.4 Å². The summed E-state index contributed by atoms with van der Waals surface area (Å²) in [6, 6.07) is 6.68. The van der Waals surface area contributed by atoms with Crippen molar-refractivity contribution in [1.29, 1.82) is 0 Å². The molecular formula is C21H22F2N2. The summed E-state index contributed by atoms with van der Waals surface area (Å²) < 4.78 is 28.7. The average Bonchev–Trinajstić information content (AvgIpc) is 2.66. The first kappa shape index (κ1) is 18.7. The Bertz CT molecular complexity index is 757. The van der Waals surface area contributed by atoms with Crippen molar-refractivity contribution in [2.24, 2.45) is 0 Å². The van der Waals surface area contributed by atoms with Crippen LogP contribution in [0.15, 0.2) is 54.9 Å². The van der Waals surface area contributed by atoms with Crippen molar-refractivity contribution < 1.29 is 8.78 Å². The van der Waals surface area contributed by atoms with E-state index in [0.717, 1.165) is 18.4 Å². The molecule has 130 valence electrons. The maximum absolute atomic E-state index is 14.4. The maximum Gasteiger partial charge on any atom is 0.169 e. The topological polar surface area (TPSA) is 25.8 Å². The van der Waals surface area contributed by atoms with E-state index in [1.807, 2.05) is 25.2 Å². The summed E-state index contributed by atoms with van der Waals surface area (Å²) in [4.78, 5) is 8.11. The number of benzene rings is 1. The number of aromatic nitrogens is 2. The first-order chi connectivity index (χ1) is 12.2. The van der Waals surface area contributed by atoms with Gasteiger partial charge < -0.3 is 0 Å². The monoisotopic (exact) mass is 340 g/mol. The highest BCUT2D eigenvalue weighted by Gasteiger charge is 2.12. The second-order valence-corrected chi connectivity index (χ2v) is 5.60. The Labute approximate surface area is 147 Å². The van der Waals surface area contributed by atoms with Crippen molar-refractivity contribution in [3.8, 4) is 0 Å². The molecule has 0 aliphatic rings. The van der Waals surface area contributed by atoms with Crippen molar-refractivity contribution in [2.45, 2.75) is 33.1 Å². The number of hydrogen-bond acceptors (Lipinski definition) is 2. The number of allylic oxidation sites excluding steroid dienone is 3. The van der Waals surface area contributed by atoms with E-state index in [1.54, 1.807) is 24.3 Å². The van der Waals surface area contributed by atoms with Gasteiger partial charge in [0.25, 0.3) is 0 Å². The predicted octanol–water partition coefficient (Wildman–Crippen LogP) is 6.17. The Hall–Kier alpha value is -2.62. The molecule has 0 unspecified atom stereocenters. The molecule has 0 fully saturated rings. The maximum atomic E-state index is 14.4. The number of rotatable bonds is 7. The standard InChI is InChI=1S/C21H22F2N2/c1-3-5-7-8-16-10-12-17(13-11-16)20(22)21(23)18-14-24-19(25-15-18)9-6-4-2/h4,6-8,10-15H,3,5,9H2,1-2H3/b6-4?,8-7+,21-20-. The molecule has 0 aliphatic carbocycles. The lowest BCUT2D eigenvalue weighted by molar-refractivity contribution is 0.698. The zero-order valence-electron chi connectivity index (χ0n) is 14.5. The second kappa shape index (κ2) is 9.62. The lowest BCUT2D eigenvalue weighted by atomic mass is 10.1. The SMILES string of the molecule is CC=CCc1ncc(/C(F)=C(/F)c2ccc(/C=C/CCC)cc2)cn1. The number of halogens is 2. The van der Waals surface area contributed by atoms with Gasteiger partial charge in [0, 0.05) is 24.4 Å². The van der Waals surface area contributed by atoms with Crippen LogP contribution in [0.5, 0.6) is 0 Å². The fourth-order valence-corrected chi connectivity index (χ4v) is 2.18. The van der Waals surface area contributed by atoms with Crippen LogP contribution in [0.1, 0.15) is 49.2 Å². The Kier molecular flexibility index (Phi) is 7.20. The fraction of sp³-hybridized carbons (Fsp3) is 0.238.